The van der Waals surface area contributed by atoms with Crippen LogP contribution in [0.15, 0.2) is 134 Å². The molecule has 2 aromatic heterocycles. The molecule has 2 amide bonds. The molecule has 0 aliphatic carbocycles. The largest absolute Gasteiger partial charge is 0.452 e. The van der Waals surface area contributed by atoms with E-state index in [1.165, 1.54) is 17.2 Å². The van der Waals surface area contributed by atoms with Gasteiger partial charge in [-0.15, -0.1) is 0 Å². The summed E-state index contributed by atoms with van der Waals surface area (Å²) < 4.78 is 19.8. The number of nitrogens with zero attached hydrogens (tertiary/aromatic N) is 5. The Balaban J connectivity index is 1.29. The van der Waals surface area contributed by atoms with Crippen LogP contribution in [-0.2, 0) is 14.2 Å². The number of fused-ring (bicyclic) bond motifs is 1. The quantitative estimate of drug-likeness (QED) is 0.147. The third-order valence-corrected chi connectivity index (χ3v) is 8.20. The summed E-state index contributed by atoms with van der Waals surface area (Å²) in [5, 5.41) is 0. The van der Waals surface area contributed by atoms with Gasteiger partial charge >= 0.3 is 11.9 Å². The van der Waals surface area contributed by atoms with Crippen molar-refractivity contribution < 1.29 is 33.4 Å². The van der Waals surface area contributed by atoms with Crippen molar-refractivity contribution in [3.05, 3.63) is 156 Å². The lowest BCUT2D eigenvalue weighted by molar-refractivity contribution is -0.0477. The van der Waals surface area contributed by atoms with E-state index in [0.29, 0.717) is 5.56 Å². The second-order valence-electron chi connectivity index (χ2n) is 11.4. The van der Waals surface area contributed by atoms with Gasteiger partial charge in [0.25, 0.3) is 11.8 Å². The van der Waals surface area contributed by atoms with Gasteiger partial charge in [0.1, 0.15) is 6.33 Å². The highest BCUT2D eigenvalue weighted by atomic mass is 16.6. The first-order chi connectivity index (χ1) is 24.4. The number of anilines is 1. The predicted molar refractivity (Wildman–Crippen MR) is 180 cm³/mol. The third-order valence-electron chi connectivity index (χ3n) is 8.20. The number of rotatable bonds is 8. The minimum atomic E-state index is -1.16. The molecule has 0 unspecified atom stereocenters. The molecule has 1 aliphatic heterocycles. The third kappa shape index (κ3) is 6.22. The van der Waals surface area contributed by atoms with Crippen LogP contribution < -0.4 is 4.90 Å². The Morgan fingerprint density at radius 2 is 1.08 bits per heavy atom. The molecule has 50 heavy (non-hydrogen) atoms. The zero-order valence-corrected chi connectivity index (χ0v) is 26.6. The molecule has 12 nitrogen and oxygen atoms in total. The summed E-state index contributed by atoms with van der Waals surface area (Å²) in [5.74, 6) is -2.59. The van der Waals surface area contributed by atoms with Gasteiger partial charge in [0.15, 0.2) is 35.4 Å². The zero-order chi connectivity index (χ0) is 34.6. The number of esters is 2. The van der Waals surface area contributed by atoms with E-state index in [2.05, 4.69) is 15.0 Å². The van der Waals surface area contributed by atoms with E-state index >= 15 is 0 Å². The van der Waals surface area contributed by atoms with Crippen LogP contribution in [0.1, 0.15) is 54.6 Å². The summed E-state index contributed by atoms with van der Waals surface area (Å²) >= 11 is 0. The number of benzene rings is 4. The maximum atomic E-state index is 14.0. The van der Waals surface area contributed by atoms with Gasteiger partial charge in [-0.05, 0) is 55.5 Å². The van der Waals surface area contributed by atoms with Crippen LogP contribution in [0, 0.1) is 0 Å². The second-order valence-corrected chi connectivity index (χ2v) is 11.4. The molecule has 1 saturated heterocycles. The van der Waals surface area contributed by atoms with E-state index in [1.54, 1.807) is 128 Å². The minimum Gasteiger partial charge on any atom is -0.452 e. The first-order valence-corrected chi connectivity index (χ1v) is 15.7. The van der Waals surface area contributed by atoms with Gasteiger partial charge in [0.2, 0.25) is 0 Å². The summed E-state index contributed by atoms with van der Waals surface area (Å²) in [6.07, 6.45) is -1.42. The van der Waals surface area contributed by atoms with Crippen LogP contribution >= 0.6 is 0 Å². The first kappa shape index (κ1) is 32.0. The topological polar surface area (TPSA) is 143 Å². The van der Waals surface area contributed by atoms with E-state index in [0.717, 1.165) is 4.90 Å². The molecule has 4 atom stereocenters. The van der Waals surface area contributed by atoms with Crippen LogP contribution in [0.5, 0.6) is 0 Å². The average molecular weight is 668 g/mol. The molecule has 1 fully saturated rings. The van der Waals surface area contributed by atoms with Gasteiger partial charge in [-0.2, -0.15) is 0 Å². The molecule has 0 saturated carbocycles. The molecule has 248 valence electrons. The first-order valence-electron chi connectivity index (χ1n) is 15.7. The van der Waals surface area contributed by atoms with Crippen LogP contribution in [0.4, 0.5) is 5.82 Å². The Morgan fingerprint density at radius 1 is 0.620 bits per heavy atom. The summed E-state index contributed by atoms with van der Waals surface area (Å²) in [6.45, 7) is 1.70. The number of carbonyl (C=O) groups excluding carboxylic acids is 4. The van der Waals surface area contributed by atoms with E-state index in [9.17, 15) is 19.2 Å². The molecule has 3 heterocycles. The fourth-order valence-corrected chi connectivity index (χ4v) is 5.74. The number of amides is 2. The normalized spacial score (nSPS) is 18.3. The molecule has 0 spiro atoms. The molecular formula is C38H29N5O7. The van der Waals surface area contributed by atoms with Crippen LogP contribution in [0.2, 0.25) is 0 Å². The highest BCUT2D eigenvalue weighted by molar-refractivity contribution is 6.27. The number of carbonyl (C=O) groups is 4. The molecule has 1 aliphatic rings. The van der Waals surface area contributed by atoms with Gasteiger partial charge in [-0.3, -0.25) is 14.2 Å². The summed E-state index contributed by atoms with van der Waals surface area (Å²) in [7, 11) is 0. The van der Waals surface area contributed by atoms with Crippen molar-refractivity contribution >= 4 is 40.7 Å². The standard InChI is InChI=1S/C38H29N5O7/c1-24-30(49-37(46)27-18-10-4-11-19-27)31(50-38(47)28-20-12-5-13-21-28)36(48-24)42-23-41-29-32(42)39-22-40-33(29)43(34(44)25-14-6-2-7-15-25)35(45)26-16-8-3-9-17-26/h2-24,30-31,36H,1H3/t24-,30-,31-,36-/m1/s1. The lowest BCUT2D eigenvalue weighted by atomic mass is 10.1. The highest BCUT2D eigenvalue weighted by Gasteiger charge is 2.49. The van der Waals surface area contributed by atoms with Crippen LogP contribution in [-0.4, -0.2) is 61.6 Å². The van der Waals surface area contributed by atoms with Crippen molar-refractivity contribution in [2.24, 2.45) is 0 Å². The Kier molecular flexibility index (Phi) is 8.91. The smallest absolute Gasteiger partial charge is 0.338 e. The van der Waals surface area contributed by atoms with Crippen molar-refractivity contribution in [3.63, 3.8) is 0 Å². The lowest BCUT2D eigenvalue weighted by Crippen LogP contribution is -2.39. The van der Waals surface area contributed by atoms with Crippen molar-refractivity contribution in [1.82, 2.24) is 19.5 Å². The van der Waals surface area contributed by atoms with Crippen LogP contribution in [0.3, 0.4) is 0 Å². The molecule has 0 radical (unpaired) electrons. The van der Waals surface area contributed by atoms with Crippen LogP contribution in [0.25, 0.3) is 11.2 Å². The van der Waals surface area contributed by atoms with Crippen molar-refractivity contribution in [2.45, 2.75) is 31.5 Å². The second kappa shape index (κ2) is 13.9. The maximum absolute atomic E-state index is 14.0. The Bertz CT molecular complexity index is 2110. The monoisotopic (exact) mass is 667 g/mol. The van der Waals surface area contributed by atoms with Gasteiger partial charge in [-0.1, -0.05) is 72.8 Å². The van der Waals surface area contributed by atoms with E-state index in [-0.39, 0.29) is 33.7 Å². The molecule has 6 aromatic rings. The molecule has 4 aromatic carbocycles. The van der Waals surface area contributed by atoms with Crippen molar-refractivity contribution in [2.75, 3.05) is 4.90 Å². The fraction of sp³-hybridized carbons (Fsp3) is 0.132. The summed E-state index contributed by atoms with van der Waals surface area (Å²) in [5.41, 5.74) is 1.39. The number of imide groups is 1. The van der Waals surface area contributed by atoms with Crippen molar-refractivity contribution in [3.8, 4) is 0 Å². The molecule has 0 N–H and O–H groups in total. The fourth-order valence-electron chi connectivity index (χ4n) is 5.74. The number of hydrogen-bond acceptors (Lipinski definition) is 10. The van der Waals surface area contributed by atoms with E-state index in [4.69, 9.17) is 14.2 Å². The van der Waals surface area contributed by atoms with Crippen molar-refractivity contribution in [1.29, 1.82) is 0 Å². The lowest BCUT2D eigenvalue weighted by Gasteiger charge is -2.24. The van der Waals surface area contributed by atoms with E-state index in [1.807, 2.05) is 0 Å². The van der Waals surface area contributed by atoms with Gasteiger partial charge in [0, 0.05) is 11.1 Å². The Labute approximate surface area is 285 Å². The number of hydrogen-bond donors (Lipinski definition) is 0. The predicted octanol–water partition coefficient (Wildman–Crippen LogP) is 5.68. The Morgan fingerprint density at radius 3 is 1.58 bits per heavy atom. The zero-order valence-electron chi connectivity index (χ0n) is 26.6. The molecule has 12 heteroatoms. The Hall–Kier alpha value is -6.53. The summed E-state index contributed by atoms with van der Waals surface area (Å²) in [4.78, 5) is 68.8. The number of aromatic nitrogens is 4. The molecule has 0 bridgehead atoms. The molecule has 7 rings (SSSR count). The summed E-state index contributed by atoms with van der Waals surface area (Å²) in [6, 6.07) is 33.5. The highest BCUT2D eigenvalue weighted by Crippen LogP contribution is 2.37. The number of ether oxygens (including phenoxy) is 3. The average Bonchev–Trinajstić information content (AvgIpc) is 3.73. The number of imidazole rings is 1. The maximum Gasteiger partial charge on any atom is 0.338 e. The molecular weight excluding hydrogens is 638 g/mol. The van der Waals surface area contributed by atoms with Gasteiger partial charge < -0.3 is 14.2 Å². The van der Waals surface area contributed by atoms with E-state index < -0.39 is 48.3 Å². The SMILES string of the molecule is C[C@H]1O[C@@H](n2cnc3c(N(C(=O)c4ccccc4)C(=O)c4ccccc4)ncnc32)[C@H](OC(=O)c2ccccc2)[C@@H]1OC(=O)c1ccccc1. The van der Waals surface area contributed by atoms with Gasteiger partial charge in [0.05, 0.1) is 23.6 Å². The minimum absolute atomic E-state index is 0.0626. The van der Waals surface area contributed by atoms with Gasteiger partial charge in [-0.25, -0.2) is 29.4 Å².